The van der Waals surface area contributed by atoms with Gasteiger partial charge in [0.2, 0.25) is 0 Å². The van der Waals surface area contributed by atoms with E-state index in [9.17, 15) is 4.79 Å². The molecular formula is C21H23NO. The first-order valence-corrected chi connectivity index (χ1v) is 7.99. The molecule has 0 saturated carbocycles. The van der Waals surface area contributed by atoms with E-state index in [0.29, 0.717) is 0 Å². The number of allylic oxidation sites excluding steroid dienone is 8. The molecule has 1 aliphatic carbocycles. The number of hydrogen-bond donors (Lipinski definition) is 0. The van der Waals surface area contributed by atoms with Crippen molar-refractivity contribution in [3.8, 4) is 0 Å². The van der Waals surface area contributed by atoms with Crippen molar-refractivity contribution in [3.63, 3.8) is 0 Å². The highest BCUT2D eigenvalue weighted by atomic mass is 16.1. The molecule has 0 spiro atoms. The van der Waals surface area contributed by atoms with E-state index in [4.69, 9.17) is 0 Å². The quantitative estimate of drug-likeness (QED) is 0.731. The van der Waals surface area contributed by atoms with Crippen LogP contribution in [0.4, 0.5) is 5.69 Å². The molecule has 1 aromatic rings. The maximum Gasteiger partial charge on any atom is 0.178 e. The molecule has 0 saturated heterocycles. The van der Waals surface area contributed by atoms with Crippen LogP contribution in [-0.4, -0.2) is 12.3 Å². The molecule has 118 valence electrons. The van der Waals surface area contributed by atoms with Gasteiger partial charge >= 0.3 is 0 Å². The number of hydrogen-bond acceptors (Lipinski definition) is 2. The molecule has 0 bridgehead atoms. The summed E-state index contributed by atoms with van der Waals surface area (Å²) in [6, 6.07) is 8.38. The lowest BCUT2D eigenvalue weighted by Gasteiger charge is -2.22. The van der Waals surface area contributed by atoms with Crippen molar-refractivity contribution in [1.82, 2.24) is 0 Å². The normalized spacial score (nSPS) is 14.1. The molecule has 2 heteroatoms. The second-order valence-electron chi connectivity index (χ2n) is 5.27. The first-order chi connectivity index (χ1) is 11.2. The second-order valence-corrected chi connectivity index (χ2v) is 5.27. The lowest BCUT2D eigenvalue weighted by atomic mass is 9.99. The third-order valence-electron chi connectivity index (χ3n) is 3.86. The molecule has 0 fully saturated rings. The van der Waals surface area contributed by atoms with E-state index in [1.807, 2.05) is 18.4 Å². The number of anilines is 1. The number of carbonyl (C=O) groups is 1. The SMILES string of the molecule is C=CN(CC)c1ccccc1/C(=C/C=C1C=CC(=O)C=C1)CC. The van der Waals surface area contributed by atoms with E-state index in [1.54, 1.807) is 12.2 Å². The van der Waals surface area contributed by atoms with Crippen molar-refractivity contribution in [1.29, 1.82) is 0 Å². The predicted octanol–water partition coefficient (Wildman–Crippen LogP) is 5.07. The zero-order valence-electron chi connectivity index (χ0n) is 13.8. The van der Waals surface area contributed by atoms with Crippen molar-refractivity contribution in [3.05, 3.63) is 84.6 Å². The minimum absolute atomic E-state index is 0.0387. The van der Waals surface area contributed by atoms with Gasteiger partial charge in [-0.05, 0) is 48.9 Å². The molecule has 0 aromatic heterocycles. The van der Waals surface area contributed by atoms with Crippen LogP contribution in [0, 0.1) is 0 Å². The lowest BCUT2D eigenvalue weighted by Crippen LogP contribution is -2.15. The van der Waals surface area contributed by atoms with E-state index in [2.05, 4.69) is 61.7 Å². The van der Waals surface area contributed by atoms with Crippen molar-refractivity contribution in [2.24, 2.45) is 0 Å². The summed E-state index contributed by atoms with van der Waals surface area (Å²) >= 11 is 0. The maximum absolute atomic E-state index is 11.2. The highest BCUT2D eigenvalue weighted by Gasteiger charge is 2.09. The van der Waals surface area contributed by atoms with Gasteiger partial charge in [0.15, 0.2) is 5.78 Å². The Labute approximate surface area is 138 Å². The molecule has 1 aromatic carbocycles. The van der Waals surface area contributed by atoms with Gasteiger partial charge in [-0.25, -0.2) is 0 Å². The van der Waals surface area contributed by atoms with Gasteiger partial charge in [0.1, 0.15) is 0 Å². The molecule has 0 atom stereocenters. The Morgan fingerprint density at radius 3 is 2.43 bits per heavy atom. The van der Waals surface area contributed by atoms with Crippen LogP contribution in [0.2, 0.25) is 0 Å². The number of benzene rings is 1. The van der Waals surface area contributed by atoms with Crippen LogP contribution in [0.1, 0.15) is 25.8 Å². The fraction of sp³-hybridized carbons (Fsp3) is 0.190. The number of carbonyl (C=O) groups excluding carboxylic acids is 1. The third-order valence-corrected chi connectivity index (χ3v) is 3.86. The zero-order valence-corrected chi connectivity index (χ0v) is 13.8. The molecule has 0 heterocycles. The molecule has 0 N–H and O–H groups in total. The predicted molar refractivity (Wildman–Crippen MR) is 99.3 cm³/mol. The van der Waals surface area contributed by atoms with Gasteiger partial charge in [0.05, 0.1) is 0 Å². The average Bonchev–Trinajstić information content (AvgIpc) is 2.59. The van der Waals surface area contributed by atoms with E-state index in [0.717, 1.165) is 18.5 Å². The van der Waals surface area contributed by atoms with Crippen LogP contribution in [-0.2, 0) is 4.79 Å². The lowest BCUT2D eigenvalue weighted by molar-refractivity contribution is -0.110. The van der Waals surface area contributed by atoms with Gasteiger partial charge in [-0.3, -0.25) is 4.79 Å². The van der Waals surface area contributed by atoms with E-state index in [1.165, 1.54) is 16.8 Å². The molecule has 23 heavy (non-hydrogen) atoms. The highest BCUT2D eigenvalue weighted by molar-refractivity contribution is 6.01. The monoisotopic (exact) mass is 305 g/mol. The van der Waals surface area contributed by atoms with Crippen LogP contribution in [0.3, 0.4) is 0 Å². The van der Waals surface area contributed by atoms with Gasteiger partial charge in [-0.1, -0.05) is 56.0 Å². The van der Waals surface area contributed by atoms with Crippen LogP contribution >= 0.6 is 0 Å². The maximum atomic E-state index is 11.2. The van der Waals surface area contributed by atoms with E-state index in [-0.39, 0.29) is 5.78 Å². The van der Waals surface area contributed by atoms with Crippen LogP contribution in [0.25, 0.3) is 5.57 Å². The topological polar surface area (TPSA) is 20.3 Å². The summed E-state index contributed by atoms with van der Waals surface area (Å²) in [4.78, 5) is 13.3. The van der Waals surface area contributed by atoms with Gasteiger partial charge in [-0.15, -0.1) is 0 Å². The van der Waals surface area contributed by atoms with E-state index >= 15 is 0 Å². The summed E-state index contributed by atoms with van der Waals surface area (Å²) in [5.41, 5.74) is 4.67. The Balaban J connectivity index is 2.38. The minimum Gasteiger partial charge on any atom is -0.348 e. The van der Waals surface area contributed by atoms with Gasteiger partial charge in [0.25, 0.3) is 0 Å². The Morgan fingerprint density at radius 2 is 1.83 bits per heavy atom. The molecule has 0 radical (unpaired) electrons. The first kappa shape index (κ1) is 16.8. The fourth-order valence-electron chi connectivity index (χ4n) is 2.57. The summed E-state index contributed by atoms with van der Waals surface area (Å²) in [5.74, 6) is 0.0387. The fourth-order valence-corrected chi connectivity index (χ4v) is 2.57. The van der Waals surface area contributed by atoms with Gasteiger partial charge in [0, 0.05) is 17.8 Å². The van der Waals surface area contributed by atoms with Crippen LogP contribution in [0.5, 0.6) is 0 Å². The third kappa shape index (κ3) is 4.19. The summed E-state index contributed by atoms with van der Waals surface area (Å²) in [6.07, 6.45) is 13.9. The van der Waals surface area contributed by atoms with Gasteiger partial charge < -0.3 is 4.90 Å². The Bertz CT molecular complexity index is 686. The number of nitrogens with zero attached hydrogens (tertiary/aromatic N) is 1. The Kier molecular flexibility index (Phi) is 5.93. The smallest absolute Gasteiger partial charge is 0.178 e. The number of rotatable bonds is 6. The summed E-state index contributed by atoms with van der Waals surface area (Å²) in [7, 11) is 0. The molecule has 0 amide bonds. The molecule has 2 rings (SSSR count). The summed E-state index contributed by atoms with van der Waals surface area (Å²) in [5, 5.41) is 0. The molecule has 1 aliphatic rings. The standard InChI is InChI=1S/C21H23NO/c1-4-18(14-11-17-12-15-19(23)16-13-17)20-9-7-8-10-21(20)22(5-2)6-3/h5,7-16H,2,4,6H2,1,3H3/b18-14+. The number of para-hydroxylation sites is 1. The highest BCUT2D eigenvalue weighted by Crippen LogP contribution is 2.29. The van der Waals surface area contributed by atoms with Crippen molar-refractivity contribution in [2.75, 3.05) is 11.4 Å². The minimum atomic E-state index is 0.0387. The van der Waals surface area contributed by atoms with Gasteiger partial charge in [-0.2, -0.15) is 0 Å². The largest absolute Gasteiger partial charge is 0.348 e. The summed E-state index contributed by atoms with van der Waals surface area (Å²) in [6.45, 7) is 9.06. The molecule has 0 unspecified atom stereocenters. The molecule has 2 nitrogen and oxygen atoms in total. The van der Waals surface area contributed by atoms with Crippen molar-refractivity contribution >= 4 is 17.0 Å². The molecule has 0 aliphatic heterocycles. The van der Waals surface area contributed by atoms with Crippen LogP contribution in [0.15, 0.2) is 79.1 Å². The van der Waals surface area contributed by atoms with Crippen molar-refractivity contribution in [2.45, 2.75) is 20.3 Å². The zero-order chi connectivity index (χ0) is 16.7. The van der Waals surface area contributed by atoms with Crippen LogP contribution < -0.4 is 4.90 Å². The number of ketones is 1. The average molecular weight is 305 g/mol. The Morgan fingerprint density at radius 1 is 1.13 bits per heavy atom. The summed E-state index contributed by atoms with van der Waals surface area (Å²) < 4.78 is 0. The second kappa shape index (κ2) is 8.14. The van der Waals surface area contributed by atoms with Crippen molar-refractivity contribution < 1.29 is 4.79 Å². The molecular weight excluding hydrogens is 282 g/mol. The van der Waals surface area contributed by atoms with E-state index < -0.39 is 0 Å². The Hall–Kier alpha value is -2.61. The first-order valence-electron chi connectivity index (χ1n) is 7.99.